The Morgan fingerprint density at radius 1 is 1.10 bits per heavy atom. The number of halogens is 1. The summed E-state index contributed by atoms with van der Waals surface area (Å²) >= 11 is 6.24. The summed E-state index contributed by atoms with van der Waals surface area (Å²) < 4.78 is 28.7. The van der Waals surface area contributed by atoms with Crippen LogP contribution in [0.3, 0.4) is 0 Å². The maximum Gasteiger partial charge on any atom is 0.271 e. The molecule has 1 N–H and O–H groups in total. The predicted molar refractivity (Wildman–Crippen MR) is 159 cm³/mol. The fourth-order valence-corrected chi connectivity index (χ4v) is 8.97. The number of hydrogen-bond donors (Lipinski definition) is 1. The van der Waals surface area contributed by atoms with Gasteiger partial charge in [-0.1, -0.05) is 11.6 Å². The normalized spacial score (nSPS) is 20.6. The highest BCUT2D eigenvalue weighted by molar-refractivity contribution is 7.92. The highest BCUT2D eigenvalue weighted by Crippen LogP contribution is 2.53. The molecule has 3 aliphatic rings. The number of likely N-dealkylation sites (tertiary alicyclic amines) is 1. The van der Waals surface area contributed by atoms with Crippen molar-refractivity contribution in [1.82, 2.24) is 19.4 Å². The monoisotopic (exact) mass is 583 g/mol. The van der Waals surface area contributed by atoms with E-state index < -0.39 is 9.84 Å². The van der Waals surface area contributed by atoms with Gasteiger partial charge in [0.15, 0.2) is 9.84 Å². The number of benzene rings is 1. The van der Waals surface area contributed by atoms with Crippen molar-refractivity contribution in [3.8, 4) is 0 Å². The van der Waals surface area contributed by atoms with E-state index in [1.54, 1.807) is 35.0 Å². The Morgan fingerprint density at radius 3 is 2.42 bits per heavy atom. The quantitative estimate of drug-likeness (QED) is 0.370. The summed E-state index contributed by atoms with van der Waals surface area (Å²) in [6.45, 7) is 10.5. The van der Waals surface area contributed by atoms with Gasteiger partial charge in [0.25, 0.3) is 5.56 Å². The zero-order valence-electron chi connectivity index (χ0n) is 23.7. The van der Waals surface area contributed by atoms with Crippen LogP contribution in [0.2, 0.25) is 5.02 Å². The Kier molecular flexibility index (Phi) is 6.99. The molecule has 1 aromatic carbocycles. The van der Waals surface area contributed by atoms with Gasteiger partial charge in [-0.05, 0) is 120 Å². The molecule has 0 radical (unpaired) electrons. The molecule has 0 unspecified atom stereocenters. The Hall–Kier alpha value is -2.49. The topological polar surface area (TPSA) is 97.2 Å². The number of hydrogen-bond acceptors (Lipinski definition) is 7. The van der Waals surface area contributed by atoms with Crippen LogP contribution in [-0.4, -0.2) is 52.2 Å². The average molecular weight is 584 g/mol. The van der Waals surface area contributed by atoms with Crippen molar-refractivity contribution in [3.63, 3.8) is 0 Å². The number of nitrogens with zero attached hydrogens (tertiary/aromatic N) is 4. The summed E-state index contributed by atoms with van der Waals surface area (Å²) in [5.74, 6) is 0.791. The van der Waals surface area contributed by atoms with Crippen molar-refractivity contribution < 1.29 is 8.42 Å². The van der Waals surface area contributed by atoms with Crippen molar-refractivity contribution in [2.75, 3.05) is 18.4 Å². The Morgan fingerprint density at radius 2 is 1.80 bits per heavy atom. The minimum Gasteiger partial charge on any atom is -0.324 e. The van der Waals surface area contributed by atoms with E-state index in [1.807, 2.05) is 13.8 Å². The summed E-state index contributed by atoms with van der Waals surface area (Å²) in [5, 5.41) is 3.79. The number of piperidine rings is 1. The Balaban J connectivity index is 1.20. The van der Waals surface area contributed by atoms with E-state index >= 15 is 0 Å². The van der Waals surface area contributed by atoms with Crippen LogP contribution in [0.15, 0.2) is 40.2 Å². The third-order valence-corrected chi connectivity index (χ3v) is 12.0. The molecule has 6 rings (SSSR count). The number of sulfone groups is 1. The van der Waals surface area contributed by atoms with Gasteiger partial charge in [-0.25, -0.2) is 13.4 Å². The van der Waals surface area contributed by atoms with E-state index in [4.69, 9.17) is 16.6 Å². The summed E-state index contributed by atoms with van der Waals surface area (Å²) in [6.07, 6.45) is 7.54. The molecule has 1 saturated heterocycles. The molecule has 1 atom stereocenters. The SMILES string of the molecule is Cc1cc(S(=O)(=O)C2CC3(CCN(C(C)C)CC3)C2)ccc1Nc1ncc2cc(Cl)c(=O)n([C@@H](C)C3CC3)c2n1. The van der Waals surface area contributed by atoms with Crippen molar-refractivity contribution in [2.45, 2.75) is 88.4 Å². The maximum absolute atomic E-state index is 13.5. The molecule has 3 heterocycles. The molecule has 2 aromatic heterocycles. The predicted octanol–water partition coefficient (Wildman–Crippen LogP) is 5.89. The molecule has 1 spiro atoms. The molecule has 0 bridgehead atoms. The second-order valence-corrected chi connectivity index (χ2v) is 15.2. The number of nitrogens with one attached hydrogen (secondary N) is 1. The van der Waals surface area contributed by atoms with Crippen LogP contribution in [-0.2, 0) is 9.84 Å². The van der Waals surface area contributed by atoms with Crippen LogP contribution in [0.5, 0.6) is 0 Å². The van der Waals surface area contributed by atoms with Crippen LogP contribution in [0.25, 0.3) is 11.0 Å². The van der Waals surface area contributed by atoms with Gasteiger partial charge in [-0.3, -0.25) is 9.36 Å². The van der Waals surface area contributed by atoms with Gasteiger partial charge < -0.3 is 10.2 Å². The lowest BCUT2D eigenvalue weighted by atomic mass is 9.63. The maximum atomic E-state index is 13.5. The number of fused-ring (bicyclic) bond motifs is 1. The molecule has 8 nitrogen and oxygen atoms in total. The summed E-state index contributed by atoms with van der Waals surface area (Å²) in [5.41, 5.74) is 2.01. The van der Waals surface area contributed by atoms with Crippen LogP contribution >= 0.6 is 11.6 Å². The first-order valence-corrected chi connectivity index (χ1v) is 16.3. The average Bonchev–Trinajstić information content (AvgIpc) is 3.75. The molecule has 214 valence electrons. The standard InChI is InChI=1S/C30H38ClN5O3S/c1-18(2)35-11-9-30(10-12-35)15-24(16-30)40(38,39)23-7-8-26(19(3)13-23)33-29-32-17-22-14-25(31)28(37)36(27(22)34-29)20(4)21-5-6-21/h7-8,13-14,17-18,20-21,24H,5-6,9-12,15-16H2,1-4H3,(H,32,33,34)/t20-/m0/s1. The van der Waals surface area contributed by atoms with Crippen molar-refractivity contribution in [1.29, 1.82) is 0 Å². The van der Waals surface area contributed by atoms with E-state index in [1.165, 1.54) is 0 Å². The van der Waals surface area contributed by atoms with E-state index in [0.29, 0.717) is 33.8 Å². The van der Waals surface area contributed by atoms with Gasteiger partial charge in [-0.15, -0.1) is 0 Å². The molecular formula is C30H38ClN5O3S. The minimum atomic E-state index is -3.40. The van der Waals surface area contributed by atoms with Gasteiger partial charge in [0, 0.05) is 29.4 Å². The molecule has 2 aliphatic carbocycles. The zero-order valence-corrected chi connectivity index (χ0v) is 25.2. The summed E-state index contributed by atoms with van der Waals surface area (Å²) in [4.78, 5) is 24.9. The highest BCUT2D eigenvalue weighted by Gasteiger charge is 2.51. The first-order chi connectivity index (χ1) is 19.0. The molecule has 0 amide bonds. The third kappa shape index (κ3) is 4.94. The lowest BCUT2D eigenvalue weighted by Gasteiger charge is -2.52. The van der Waals surface area contributed by atoms with Crippen molar-refractivity contribution in [3.05, 3.63) is 51.4 Å². The van der Waals surface area contributed by atoms with Crippen LogP contribution in [0.4, 0.5) is 11.6 Å². The van der Waals surface area contributed by atoms with Crippen LogP contribution < -0.4 is 10.9 Å². The van der Waals surface area contributed by atoms with E-state index in [-0.39, 0.29) is 27.3 Å². The molecule has 1 aliphatic heterocycles. The first-order valence-electron chi connectivity index (χ1n) is 14.4. The van der Waals surface area contributed by atoms with E-state index in [2.05, 4.69) is 29.0 Å². The van der Waals surface area contributed by atoms with Gasteiger partial charge in [0.2, 0.25) is 5.95 Å². The minimum absolute atomic E-state index is 0.00364. The molecule has 3 aromatic rings. The molecule has 10 heteroatoms. The van der Waals surface area contributed by atoms with E-state index in [0.717, 1.165) is 62.9 Å². The van der Waals surface area contributed by atoms with Gasteiger partial charge in [0.05, 0.1) is 10.1 Å². The van der Waals surface area contributed by atoms with E-state index in [9.17, 15) is 13.2 Å². The van der Waals surface area contributed by atoms with Crippen molar-refractivity contribution in [2.24, 2.45) is 11.3 Å². The lowest BCUT2D eigenvalue weighted by molar-refractivity contribution is 0.0246. The fourth-order valence-electron chi connectivity index (χ4n) is 6.63. The van der Waals surface area contributed by atoms with Gasteiger partial charge in [0.1, 0.15) is 10.7 Å². The highest BCUT2D eigenvalue weighted by atomic mass is 35.5. The number of aromatic nitrogens is 3. The number of pyridine rings is 1. The number of anilines is 2. The molecular weight excluding hydrogens is 546 g/mol. The summed E-state index contributed by atoms with van der Waals surface area (Å²) in [7, 11) is -3.40. The van der Waals surface area contributed by atoms with Crippen LogP contribution in [0.1, 0.15) is 70.9 Å². The third-order valence-electron chi connectivity index (χ3n) is 9.56. The second kappa shape index (κ2) is 10.1. The first kappa shape index (κ1) is 27.7. The smallest absolute Gasteiger partial charge is 0.271 e. The lowest BCUT2D eigenvalue weighted by Crippen LogP contribution is -2.52. The Bertz CT molecular complexity index is 1620. The van der Waals surface area contributed by atoms with Crippen LogP contribution in [0, 0.1) is 18.3 Å². The molecule has 3 fully saturated rings. The number of aryl methyl sites for hydroxylation is 1. The second-order valence-electron chi connectivity index (χ2n) is 12.5. The van der Waals surface area contributed by atoms with Gasteiger partial charge >= 0.3 is 0 Å². The molecule has 2 saturated carbocycles. The molecule has 40 heavy (non-hydrogen) atoms. The van der Waals surface area contributed by atoms with Gasteiger partial charge in [-0.2, -0.15) is 4.98 Å². The Labute approximate surface area is 241 Å². The van der Waals surface area contributed by atoms with Crippen molar-refractivity contribution >= 4 is 44.1 Å². The fraction of sp³-hybridized carbons (Fsp3) is 0.567. The zero-order chi connectivity index (χ0) is 28.4. The summed E-state index contributed by atoms with van der Waals surface area (Å²) in [6, 6.07) is 7.37. The number of rotatable bonds is 7. The largest absolute Gasteiger partial charge is 0.324 e.